The van der Waals surface area contributed by atoms with Gasteiger partial charge in [0.15, 0.2) is 6.29 Å². The van der Waals surface area contributed by atoms with Gasteiger partial charge in [0.05, 0.1) is 18.4 Å². The van der Waals surface area contributed by atoms with E-state index in [1.807, 2.05) is 13.0 Å². The molecule has 94 valence electrons. The predicted octanol–water partition coefficient (Wildman–Crippen LogP) is 2.96. The third-order valence-corrected chi connectivity index (χ3v) is 3.18. The summed E-state index contributed by atoms with van der Waals surface area (Å²) in [6.07, 6.45) is 2.46. The SMILES string of the molecule is COc1cc(Cl)c(C)cc1-n1cc(C=O)c(C)n1. The van der Waals surface area contributed by atoms with Crippen LogP contribution in [0.15, 0.2) is 18.3 Å². The monoisotopic (exact) mass is 264 g/mol. The molecule has 1 aromatic heterocycles. The van der Waals surface area contributed by atoms with Crippen molar-refractivity contribution in [2.75, 3.05) is 7.11 Å². The van der Waals surface area contributed by atoms with Crippen LogP contribution in [0.3, 0.4) is 0 Å². The molecule has 0 aliphatic heterocycles. The fraction of sp³-hybridized carbons (Fsp3) is 0.231. The normalized spacial score (nSPS) is 10.4. The van der Waals surface area contributed by atoms with E-state index in [1.54, 1.807) is 31.0 Å². The first-order valence-electron chi connectivity index (χ1n) is 5.42. The second-order valence-corrected chi connectivity index (χ2v) is 4.41. The highest BCUT2D eigenvalue weighted by Gasteiger charge is 2.12. The minimum Gasteiger partial charge on any atom is -0.494 e. The number of hydrogen-bond acceptors (Lipinski definition) is 3. The Hall–Kier alpha value is -1.81. The number of ether oxygens (including phenoxy) is 1. The molecule has 0 saturated carbocycles. The van der Waals surface area contributed by atoms with Crippen LogP contribution in [0.4, 0.5) is 0 Å². The van der Waals surface area contributed by atoms with Gasteiger partial charge in [-0.2, -0.15) is 5.10 Å². The van der Waals surface area contributed by atoms with Gasteiger partial charge < -0.3 is 4.74 Å². The maximum absolute atomic E-state index is 10.8. The molecule has 5 heteroatoms. The standard InChI is InChI=1S/C13H13ClN2O2/c1-8-4-12(13(18-3)5-11(8)14)16-6-10(7-17)9(2)15-16/h4-7H,1-3H3. The largest absolute Gasteiger partial charge is 0.494 e. The first kappa shape index (κ1) is 12.6. The highest BCUT2D eigenvalue weighted by Crippen LogP contribution is 2.29. The van der Waals surface area contributed by atoms with Gasteiger partial charge in [-0.05, 0) is 25.5 Å². The molecule has 0 unspecified atom stereocenters. The van der Waals surface area contributed by atoms with E-state index in [0.29, 0.717) is 22.0 Å². The Balaban J connectivity index is 2.61. The molecular weight excluding hydrogens is 252 g/mol. The number of aldehydes is 1. The Kier molecular flexibility index (Phi) is 3.39. The number of methoxy groups -OCH3 is 1. The van der Waals surface area contributed by atoms with Crippen LogP contribution >= 0.6 is 11.6 Å². The van der Waals surface area contributed by atoms with Crippen LogP contribution in [0, 0.1) is 13.8 Å². The van der Waals surface area contributed by atoms with Gasteiger partial charge >= 0.3 is 0 Å². The van der Waals surface area contributed by atoms with Crippen LogP contribution in [0.5, 0.6) is 5.75 Å². The van der Waals surface area contributed by atoms with Crippen molar-refractivity contribution in [3.05, 3.63) is 40.2 Å². The quantitative estimate of drug-likeness (QED) is 0.801. The topological polar surface area (TPSA) is 44.1 Å². The molecule has 0 spiro atoms. The van der Waals surface area contributed by atoms with Crippen LogP contribution in [0.25, 0.3) is 5.69 Å². The Morgan fingerprint density at radius 3 is 2.67 bits per heavy atom. The van der Waals surface area contributed by atoms with E-state index in [9.17, 15) is 4.79 Å². The van der Waals surface area contributed by atoms with Crippen molar-refractivity contribution >= 4 is 17.9 Å². The molecule has 0 aliphatic carbocycles. The molecule has 0 amide bonds. The molecule has 2 aromatic rings. The zero-order valence-electron chi connectivity index (χ0n) is 10.4. The third-order valence-electron chi connectivity index (χ3n) is 2.77. The number of nitrogens with zero attached hydrogens (tertiary/aromatic N) is 2. The van der Waals surface area contributed by atoms with Crippen molar-refractivity contribution in [3.63, 3.8) is 0 Å². The van der Waals surface area contributed by atoms with Crippen LogP contribution in [0.1, 0.15) is 21.6 Å². The van der Waals surface area contributed by atoms with Crippen LogP contribution < -0.4 is 4.74 Å². The van der Waals surface area contributed by atoms with E-state index in [2.05, 4.69) is 5.10 Å². The van der Waals surface area contributed by atoms with E-state index in [1.165, 1.54) is 0 Å². The molecule has 1 heterocycles. The molecule has 0 aliphatic rings. The molecular formula is C13H13ClN2O2. The molecule has 1 aromatic carbocycles. The Labute approximate surface area is 110 Å². The number of aryl methyl sites for hydroxylation is 2. The van der Waals surface area contributed by atoms with E-state index in [-0.39, 0.29) is 0 Å². The molecule has 0 fully saturated rings. The molecule has 18 heavy (non-hydrogen) atoms. The molecule has 0 saturated heterocycles. The van der Waals surface area contributed by atoms with Gasteiger partial charge in [-0.3, -0.25) is 4.79 Å². The van der Waals surface area contributed by atoms with Crippen molar-refractivity contribution in [2.24, 2.45) is 0 Å². The molecule has 0 N–H and O–H groups in total. The lowest BCUT2D eigenvalue weighted by Gasteiger charge is -2.10. The summed E-state index contributed by atoms with van der Waals surface area (Å²) < 4.78 is 6.91. The number of carbonyl (C=O) groups is 1. The average Bonchev–Trinajstić information content (AvgIpc) is 2.73. The highest BCUT2D eigenvalue weighted by atomic mass is 35.5. The number of carbonyl (C=O) groups excluding carboxylic acids is 1. The number of hydrogen-bond donors (Lipinski definition) is 0. The molecule has 4 nitrogen and oxygen atoms in total. The smallest absolute Gasteiger partial charge is 0.153 e. The summed E-state index contributed by atoms with van der Waals surface area (Å²) in [5, 5.41) is 4.93. The zero-order valence-corrected chi connectivity index (χ0v) is 11.2. The Morgan fingerprint density at radius 1 is 1.39 bits per heavy atom. The van der Waals surface area contributed by atoms with Crippen LogP contribution in [-0.2, 0) is 0 Å². The van der Waals surface area contributed by atoms with E-state index in [4.69, 9.17) is 16.3 Å². The van der Waals surface area contributed by atoms with E-state index in [0.717, 1.165) is 17.5 Å². The lowest BCUT2D eigenvalue weighted by Crippen LogP contribution is -2.00. The van der Waals surface area contributed by atoms with Crippen LogP contribution in [0.2, 0.25) is 5.02 Å². The summed E-state index contributed by atoms with van der Waals surface area (Å²) in [5.41, 5.74) is 2.92. The maximum atomic E-state index is 10.8. The Morgan fingerprint density at radius 2 is 2.11 bits per heavy atom. The van der Waals surface area contributed by atoms with Gasteiger partial charge in [0.1, 0.15) is 11.4 Å². The van der Waals surface area contributed by atoms with Gasteiger partial charge in [0.2, 0.25) is 0 Å². The average molecular weight is 265 g/mol. The fourth-order valence-electron chi connectivity index (χ4n) is 1.70. The van der Waals surface area contributed by atoms with E-state index < -0.39 is 0 Å². The minimum atomic E-state index is 0.560. The van der Waals surface area contributed by atoms with Crippen molar-refractivity contribution in [1.82, 2.24) is 9.78 Å². The number of rotatable bonds is 3. The van der Waals surface area contributed by atoms with Gasteiger partial charge in [-0.15, -0.1) is 0 Å². The summed E-state index contributed by atoms with van der Waals surface area (Å²) in [6, 6.07) is 3.62. The molecule has 0 bridgehead atoms. The summed E-state index contributed by atoms with van der Waals surface area (Å²) in [5.74, 6) is 0.616. The predicted molar refractivity (Wildman–Crippen MR) is 70.0 cm³/mol. The second-order valence-electron chi connectivity index (χ2n) is 4.01. The maximum Gasteiger partial charge on any atom is 0.153 e. The minimum absolute atomic E-state index is 0.560. The summed E-state index contributed by atoms with van der Waals surface area (Å²) in [6.45, 7) is 3.69. The van der Waals surface area contributed by atoms with Gasteiger partial charge in [0, 0.05) is 17.3 Å². The first-order chi connectivity index (χ1) is 8.56. The summed E-state index contributed by atoms with van der Waals surface area (Å²) in [4.78, 5) is 10.8. The van der Waals surface area contributed by atoms with Gasteiger partial charge in [0.25, 0.3) is 0 Å². The van der Waals surface area contributed by atoms with Crippen molar-refractivity contribution in [1.29, 1.82) is 0 Å². The van der Waals surface area contributed by atoms with Gasteiger partial charge in [-0.25, -0.2) is 4.68 Å². The summed E-state index contributed by atoms with van der Waals surface area (Å²) >= 11 is 6.05. The second kappa shape index (κ2) is 4.82. The molecule has 2 rings (SSSR count). The zero-order chi connectivity index (χ0) is 13.3. The lowest BCUT2D eigenvalue weighted by molar-refractivity contribution is 0.112. The molecule has 0 radical (unpaired) electrons. The number of benzene rings is 1. The summed E-state index contributed by atoms with van der Waals surface area (Å²) in [7, 11) is 1.57. The first-order valence-corrected chi connectivity index (χ1v) is 5.80. The number of halogens is 1. The fourth-order valence-corrected chi connectivity index (χ4v) is 1.86. The molecule has 0 atom stereocenters. The number of aromatic nitrogens is 2. The lowest BCUT2D eigenvalue weighted by atomic mass is 10.2. The van der Waals surface area contributed by atoms with Gasteiger partial charge in [-0.1, -0.05) is 11.6 Å². The van der Waals surface area contributed by atoms with E-state index >= 15 is 0 Å². The van der Waals surface area contributed by atoms with Crippen LogP contribution in [-0.4, -0.2) is 23.2 Å². The van der Waals surface area contributed by atoms with Crippen molar-refractivity contribution in [3.8, 4) is 11.4 Å². The Bertz CT molecular complexity index is 605. The highest BCUT2D eigenvalue weighted by molar-refractivity contribution is 6.31. The van der Waals surface area contributed by atoms with Crippen molar-refractivity contribution in [2.45, 2.75) is 13.8 Å². The van der Waals surface area contributed by atoms with Crippen molar-refractivity contribution < 1.29 is 9.53 Å². The third kappa shape index (κ3) is 2.11.